The van der Waals surface area contributed by atoms with Gasteiger partial charge in [0.2, 0.25) is 0 Å². The first kappa shape index (κ1) is 15.0. The largest absolute Gasteiger partial charge is 0.447 e. The number of halogens is 2. The van der Waals surface area contributed by atoms with Crippen LogP contribution in [0, 0.1) is 0 Å². The van der Waals surface area contributed by atoms with Gasteiger partial charge in [0.25, 0.3) is 0 Å². The van der Waals surface area contributed by atoms with Gasteiger partial charge in [-0.1, -0.05) is 23.4 Å². The fourth-order valence-electron chi connectivity index (χ4n) is 1.27. The first-order chi connectivity index (χ1) is 9.54. The van der Waals surface area contributed by atoms with Crippen LogP contribution in [-0.4, -0.2) is 12.2 Å². The predicted octanol–water partition coefficient (Wildman–Crippen LogP) is 3.85. The van der Waals surface area contributed by atoms with E-state index in [1.165, 1.54) is 18.0 Å². The van der Waals surface area contributed by atoms with Crippen LogP contribution in [0.1, 0.15) is 5.76 Å². The Labute approximate surface area is 132 Å². The van der Waals surface area contributed by atoms with E-state index < -0.39 is 6.03 Å². The van der Waals surface area contributed by atoms with Crippen LogP contribution < -0.4 is 11.2 Å². The monoisotopic (exact) mass is 373 g/mol. The Morgan fingerprint density at radius 3 is 2.80 bits per heavy atom. The number of carbonyl (C=O) groups excluding carboxylic acids is 1. The van der Waals surface area contributed by atoms with Crippen molar-refractivity contribution in [2.75, 3.05) is 0 Å². The molecule has 0 aliphatic heterocycles. The van der Waals surface area contributed by atoms with Gasteiger partial charge in [-0.2, -0.15) is 5.10 Å². The topological polar surface area (TPSA) is 80.6 Å². The molecule has 0 unspecified atom stereocenters. The zero-order valence-electron chi connectivity index (χ0n) is 9.97. The van der Waals surface area contributed by atoms with Crippen LogP contribution in [0.25, 0.3) is 0 Å². The molecule has 1 aromatic heterocycles. The third-order valence-electron chi connectivity index (χ3n) is 2.07. The van der Waals surface area contributed by atoms with Gasteiger partial charge < -0.3 is 10.2 Å². The minimum absolute atomic E-state index is 0.488. The van der Waals surface area contributed by atoms with Gasteiger partial charge in [-0.25, -0.2) is 10.2 Å². The lowest BCUT2D eigenvalue weighted by atomic mass is 10.4. The van der Waals surface area contributed by atoms with Crippen LogP contribution in [-0.2, 0) is 0 Å². The van der Waals surface area contributed by atoms with Crippen LogP contribution in [0.5, 0.6) is 0 Å². The Balaban J connectivity index is 2.09. The summed E-state index contributed by atoms with van der Waals surface area (Å²) in [5.41, 5.74) is 6.98. The molecule has 0 saturated carbocycles. The lowest BCUT2D eigenvalue weighted by molar-refractivity contribution is 0.249. The highest BCUT2D eigenvalue weighted by Crippen LogP contribution is 2.35. The minimum Gasteiger partial charge on any atom is -0.447 e. The Kier molecular flexibility index (Phi) is 5.11. The number of benzene rings is 1. The van der Waals surface area contributed by atoms with Crippen molar-refractivity contribution in [2.24, 2.45) is 10.8 Å². The molecular weight excluding hydrogens is 366 g/mol. The normalized spacial score (nSPS) is 10.9. The molecule has 0 fully saturated rings. The zero-order chi connectivity index (χ0) is 14.5. The van der Waals surface area contributed by atoms with E-state index >= 15 is 0 Å². The third-order valence-corrected chi connectivity index (χ3v) is 4.17. The van der Waals surface area contributed by atoms with Crippen LogP contribution >= 0.6 is 39.3 Å². The summed E-state index contributed by atoms with van der Waals surface area (Å²) >= 11 is 10.7. The lowest BCUT2D eigenvalue weighted by Crippen LogP contribution is -2.24. The smallest absolute Gasteiger partial charge is 0.332 e. The molecule has 0 bridgehead atoms. The van der Waals surface area contributed by atoms with Gasteiger partial charge in [0.15, 0.2) is 5.09 Å². The summed E-state index contributed by atoms with van der Waals surface area (Å²) in [5.74, 6) is 0.488. The van der Waals surface area contributed by atoms with Crippen molar-refractivity contribution in [3.8, 4) is 0 Å². The number of hydrogen-bond donors (Lipinski definition) is 2. The SMILES string of the molecule is NC(=O)N/N=C\c1cc(Br)c(Sc2ccc(Cl)cc2)o1. The zero-order valence-corrected chi connectivity index (χ0v) is 13.1. The van der Waals surface area contributed by atoms with Gasteiger partial charge in [0.1, 0.15) is 5.76 Å². The van der Waals surface area contributed by atoms with E-state index in [4.69, 9.17) is 21.8 Å². The third kappa shape index (κ3) is 4.29. The molecule has 104 valence electrons. The number of urea groups is 1. The molecular formula is C12H9BrClN3O2S. The summed E-state index contributed by atoms with van der Waals surface area (Å²) in [4.78, 5) is 11.5. The summed E-state index contributed by atoms with van der Waals surface area (Å²) in [6.45, 7) is 0. The first-order valence-corrected chi connectivity index (χ1v) is 7.34. The number of hydrazone groups is 1. The fraction of sp³-hybridized carbons (Fsp3) is 0. The molecule has 0 aliphatic rings. The Morgan fingerprint density at radius 2 is 2.15 bits per heavy atom. The highest BCUT2D eigenvalue weighted by molar-refractivity contribution is 9.10. The van der Waals surface area contributed by atoms with E-state index in [9.17, 15) is 4.79 Å². The van der Waals surface area contributed by atoms with Gasteiger partial charge in [-0.3, -0.25) is 0 Å². The molecule has 1 heterocycles. The summed E-state index contributed by atoms with van der Waals surface area (Å²) in [6, 6.07) is 8.40. The molecule has 0 aliphatic carbocycles. The van der Waals surface area contributed by atoms with Crippen molar-refractivity contribution in [1.82, 2.24) is 5.43 Å². The second kappa shape index (κ2) is 6.83. The molecule has 0 spiro atoms. The molecule has 0 saturated heterocycles. The van der Waals surface area contributed by atoms with Crippen LogP contribution in [0.2, 0.25) is 5.02 Å². The van der Waals surface area contributed by atoms with Crippen molar-refractivity contribution in [2.45, 2.75) is 9.99 Å². The molecule has 2 amide bonds. The minimum atomic E-state index is -0.734. The van der Waals surface area contributed by atoms with Crippen LogP contribution in [0.4, 0.5) is 4.79 Å². The molecule has 2 aromatic rings. The van der Waals surface area contributed by atoms with Gasteiger partial charge in [0.05, 0.1) is 10.7 Å². The number of carbonyl (C=O) groups is 1. The Morgan fingerprint density at radius 1 is 1.45 bits per heavy atom. The van der Waals surface area contributed by atoms with E-state index in [1.54, 1.807) is 18.2 Å². The standard InChI is InChI=1S/C12H9BrClN3O2S/c13-10-5-8(6-16-17-12(15)18)19-11(10)20-9-3-1-7(14)2-4-9/h1-6H,(H3,15,17,18)/b16-6-. The van der Waals surface area contributed by atoms with Gasteiger partial charge in [0, 0.05) is 16.0 Å². The summed E-state index contributed by atoms with van der Waals surface area (Å²) in [6.07, 6.45) is 1.36. The highest BCUT2D eigenvalue weighted by atomic mass is 79.9. The lowest BCUT2D eigenvalue weighted by Gasteiger charge is -1.98. The quantitative estimate of drug-likeness (QED) is 0.630. The molecule has 20 heavy (non-hydrogen) atoms. The van der Waals surface area contributed by atoms with Gasteiger partial charge in [-0.05, 0) is 40.2 Å². The van der Waals surface area contributed by atoms with Crippen LogP contribution in [0.3, 0.4) is 0 Å². The molecule has 2 rings (SSSR count). The molecule has 0 atom stereocenters. The second-order valence-electron chi connectivity index (χ2n) is 3.57. The highest BCUT2D eigenvalue weighted by Gasteiger charge is 2.09. The number of primary amides is 1. The van der Waals surface area contributed by atoms with Crippen molar-refractivity contribution in [3.63, 3.8) is 0 Å². The molecule has 1 aromatic carbocycles. The molecule has 0 radical (unpaired) electrons. The summed E-state index contributed by atoms with van der Waals surface area (Å²) < 4.78 is 6.36. The van der Waals surface area contributed by atoms with E-state index in [1.807, 2.05) is 12.1 Å². The maximum atomic E-state index is 10.5. The van der Waals surface area contributed by atoms with E-state index in [0.29, 0.717) is 15.9 Å². The fourth-order valence-corrected chi connectivity index (χ4v) is 2.73. The second-order valence-corrected chi connectivity index (χ2v) is 5.91. The maximum Gasteiger partial charge on any atom is 0.332 e. The van der Waals surface area contributed by atoms with Gasteiger partial charge >= 0.3 is 6.03 Å². The summed E-state index contributed by atoms with van der Waals surface area (Å²) in [5, 5.41) is 4.98. The average Bonchev–Trinajstić information content (AvgIpc) is 2.72. The van der Waals surface area contributed by atoms with Crippen molar-refractivity contribution in [3.05, 3.63) is 45.6 Å². The number of nitrogens with zero attached hydrogens (tertiary/aromatic N) is 1. The van der Waals surface area contributed by atoms with Crippen molar-refractivity contribution in [1.29, 1.82) is 0 Å². The average molecular weight is 375 g/mol. The number of amides is 2. The number of rotatable bonds is 4. The first-order valence-electron chi connectivity index (χ1n) is 5.36. The van der Waals surface area contributed by atoms with E-state index in [0.717, 1.165) is 9.37 Å². The van der Waals surface area contributed by atoms with Crippen molar-refractivity contribution < 1.29 is 9.21 Å². The van der Waals surface area contributed by atoms with Gasteiger partial charge in [-0.15, -0.1) is 0 Å². The van der Waals surface area contributed by atoms with Crippen LogP contribution in [0.15, 0.2) is 54.3 Å². The van der Waals surface area contributed by atoms with Crippen molar-refractivity contribution >= 4 is 51.5 Å². The molecule has 8 heteroatoms. The number of nitrogens with one attached hydrogen (secondary N) is 1. The number of furan rings is 1. The Hall–Kier alpha value is -1.44. The summed E-state index contributed by atoms with van der Waals surface area (Å²) in [7, 11) is 0. The van der Waals surface area contributed by atoms with E-state index in [-0.39, 0.29) is 0 Å². The predicted molar refractivity (Wildman–Crippen MR) is 82.3 cm³/mol. The molecule has 5 nitrogen and oxygen atoms in total. The Bertz CT molecular complexity index is 643. The number of nitrogens with two attached hydrogens (primary N) is 1. The van der Waals surface area contributed by atoms with E-state index in [2.05, 4.69) is 26.5 Å². The maximum absolute atomic E-state index is 10.5. The molecule has 3 N–H and O–H groups in total. The number of hydrogen-bond acceptors (Lipinski definition) is 4.